The SMILES string of the molecule is O=C(NCCN1CCC(OC(=O)Nc2ccccc2-c2ccccc2)CC1)Nc1ccc(CCNC[C@H](O)c2ccc(O)c3[nH]c(=O)ccc23)cc1. The van der Waals surface area contributed by atoms with Crippen molar-refractivity contribution in [3.8, 4) is 16.9 Å². The van der Waals surface area contributed by atoms with E-state index >= 15 is 0 Å². The maximum Gasteiger partial charge on any atom is 0.411 e. The number of piperidine rings is 1. The molecule has 1 atom stereocenters. The van der Waals surface area contributed by atoms with Gasteiger partial charge in [-0.25, -0.2) is 9.59 Å². The maximum absolute atomic E-state index is 12.7. The number of anilines is 2. The summed E-state index contributed by atoms with van der Waals surface area (Å²) >= 11 is 0. The molecule has 7 N–H and O–H groups in total. The predicted octanol–water partition coefficient (Wildman–Crippen LogP) is 5.60. The highest BCUT2D eigenvalue weighted by Gasteiger charge is 2.23. The Morgan fingerprint density at radius 3 is 2.40 bits per heavy atom. The predicted molar refractivity (Wildman–Crippen MR) is 203 cm³/mol. The molecule has 1 saturated heterocycles. The normalized spacial score (nSPS) is 14.1. The molecule has 0 saturated carbocycles. The molecule has 1 aromatic heterocycles. The van der Waals surface area contributed by atoms with E-state index in [1.807, 2.05) is 78.9 Å². The minimum atomic E-state index is -0.826. The summed E-state index contributed by atoms with van der Waals surface area (Å²) in [7, 11) is 0. The summed E-state index contributed by atoms with van der Waals surface area (Å²) in [5.41, 5.74) is 5.02. The first-order valence-corrected chi connectivity index (χ1v) is 17.5. The van der Waals surface area contributed by atoms with Crippen molar-refractivity contribution in [1.29, 1.82) is 0 Å². The second kappa shape index (κ2) is 17.5. The monoisotopic (exact) mass is 704 g/mol. The van der Waals surface area contributed by atoms with E-state index in [0.29, 0.717) is 54.0 Å². The third-order valence-electron chi connectivity index (χ3n) is 9.18. The molecule has 2 heterocycles. The molecule has 0 aliphatic carbocycles. The van der Waals surface area contributed by atoms with Crippen molar-refractivity contribution >= 4 is 34.4 Å². The number of aromatic nitrogens is 1. The maximum atomic E-state index is 12.7. The lowest BCUT2D eigenvalue weighted by Gasteiger charge is -2.31. The van der Waals surface area contributed by atoms with Crippen LogP contribution in [-0.4, -0.2) is 77.6 Å². The number of hydrogen-bond donors (Lipinski definition) is 7. The second-order valence-electron chi connectivity index (χ2n) is 12.8. The number of carbonyl (C=O) groups excluding carboxylic acids is 2. The average Bonchev–Trinajstić information content (AvgIpc) is 3.15. The van der Waals surface area contributed by atoms with E-state index in [2.05, 4.69) is 31.2 Å². The first kappa shape index (κ1) is 36.1. The van der Waals surface area contributed by atoms with Gasteiger partial charge in [0, 0.05) is 55.4 Å². The highest BCUT2D eigenvalue weighted by molar-refractivity contribution is 5.92. The molecular formula is C40H44N6O6. The van der Waals surface area contributed by atoms with Crippen molar-refractivity contribution in [3.05, 3.63) is 125 Å². The van der Waals surface area contributed by atoms with Crippen LogP contribution in [0.3, 0.4) is 0 Å². The largest absolute Gasteiger partial charge is 0.506 e. The van der Waals surface area contributed by atoms with Crippen LogP contribution >= 0.6 is 0 Å². The minimum absolute atomic E-state index is 0.0448. The molecule has 1 aliphatic rings. The van der Waals surface area contributed by atoms with E-state index in [0.717, 1.165) is 49.0 Å². The van der Waals surface area contributed by atoms with E-state index in [1.165, 1.54) is 12.1 Å². The summed E-state index contributed by atoms with van der Waals surface area (Å²) in [5, 5.41) is 33.4. The number of carbonyl (C=O) groups is 2. The van der Waals surface area contributed by atoms with Gasteiger partial charge in [0.2, 0.25) is 5.56 Å². The molecule has 6 rings (SSSR count). The van der Waals surface area contributed by atoms with Crippen LogP contribution in [0.15, 0.2) is 108 Å². The Bertz CT molecular complexity index is 2010. The van der Waals surface area contributed by atoms with Gasteiger partial charge in [0.1, 0.15) is 11.9 Å². The van der Waals surface area contributed by atoms with Crippen molar-refractivity contribution in [2.24, 2.45) is 0 Å². The highest BCUT2D eigenvalue weighted by Crippen LogP contribution is 2.29. The lowest BCUT2D eigenvalue weighted by atomic mass is 10.0. The van der Waals surface area contributed by atoms with E-state index in [1.54, 1.807) is 12.1 Å². The quantitative estimate of drug-likeness (QED) is 0.0778. The summed E-state index contributed by atoms with van der Waals surface area (Å²) in [6.45, 7) is 3.64. The molecule has 1 fully saturated rings. The van der Waals surface area contributed by atoms with Crippen LogP contribution in [0.5, 0.6) is 5.75 Å². The number of rotatable bonds is 13. The number of fused-ring (bicyclic) bond motifs is 1. The van der Waals surface area contributed by atoms with Crippen LogP contribution < -0.4 is 26.8 Å². The Kier molecular flexibility index (Phi) is 12.1. The zero-order valence-electron chi connectivity index (χ0n) is 28.8. The van der Waals surface area contributed by atoms with E-state index in [4.69, 9.17) is 4.74 Å². The number of aliphatic hydroxyl groups excluding tert-OH is 1. The summed E-state index contributed by atoms with van der Waals surface area (Å²) in [6, 6.07) is 31.0. The van der Waals surface area contributed by atoms with E-state index in [9.17, 15) is 24.6 Å². The number of pyridine rings is 1. The number of urea groups is 1. The molecule has 0 spiro atoms. The van der Waals surface area contributed by atoms with Gasteiger partial charge in [-0.1, -0.05) is 66.7 Å². The van der Waals surface area contributed by atoms with Crippen LogP contribution in [0.1, 0.15) is 30.1 Å². The van der Waals surface area contributed by atoms with Crippen molar-refractivity contribution in [2.75, 3.05) is 49.9 Å². The Morgan fingerprint density at radius 2 is 1.62 bits per heavy atom. The van der Waals surface area contributed by atoms with Gasteiger partial charge in [-0.15, -0.1) is 0 Å². The molecule has 0 bridgehead atoms. The van der Waals surface area contributed by atoms with Gasteiger partial charge in [0.15, 0.2) is 0 Å². The number of nitrogens with one attached hydrogen (secondary N) is 5. The van der Waals surface area contributed by atoms with Gasteiger partial charge in [-0.05, 0) is 72.8 Å². The number of aliphatic hydroxyl groups is 1. The second-order valence-corrected chi connectivity index (χ2v) is 12.8. The average molecular weight is 705 g/mol. The van der Waals surface area contributed by atoms with Crippen molar-refractivity contribution < 1.29 is 24.5 Å². The number of nitrogens with zero attached hydrogens (tertiary/aromatic N) is 1. The third-order valence-corrected chi connectivity index (χ3v) is 9.18. The lowest BCUT2D eigenvalue weighted by Crippen LogP contribution is -2.42. The topological polar surface area (TPSA) is 168 Å². The summed E-state index contributed by atoms with van der Waals surface area (Å²) in [6.07, 6.45) is 0.719. The van der Waals surface area contributed by atoms with Crippen LogP contribution in [-0.2, 0) is 11.2 Å². The first-order chi connectivity index (χ1) is 25.3. The van der Waals surface area contributed by atoms with Gasteiger partial charge >= 0.3 is 12.1 Å². The fourth-order valence-electron chi connectivity index (χ4n) is 6.39. The zero-order valence-corrected chi connectivity index (χ0v) is 28.8. The number of benzene rings is 4. The number of ether oxygens (including phenoxy) is 1. The number of aromatic hydroxyl groups is 1. The standard InChI is InChI=1S/C40H44N6O6/c47-35-16-14-32(33-15-17-37(49)45-38(33)35)36(48)26-41-21-18-27-10-12-29(13-11-27)43-39(50)42-22-25-46-23-19-30(20-24-46)52-40(51)44-34-9-5-4-8-31(34)28-6-2-1-3-7-28/h1-17,30,36,41,47-48H,18-26H2,(H,44,51)(H,45,49)(H2,42,43,50)/t36-/m0/s1. The van der Waals surface area contributed by atoms with Crippen molar-refractivity contribution in [3.63, 3.8) is 0 Å². The lowest BCUT2D eigenvalue weighted by molar-refractivity contribution is 0.0594. The number of phenols is 1. The molecule has 12 heteroatoms. The molecular weight excluding hydrogens is 660 g/mol. The Hall–Kier alpha value is -5.69. The van der Waals surface area contributed by atoms with E-state index in [-0.39, 0.29) is 23.4 Å². The molecule has 270 valence electrons. The van der Waals surface area contributed by atoms with Gasteiger partial charge in [-0.3, -0.25) is 10.1 Å². The first-order valence-electron chi connectivity index (χ1n) is 17.5. The number of phenolic OH excluding ortho intramolecular Hbond substituents is 1. The molecule has 1 aliphatic heterocycles. The minimum Gasteiger partial charge on any atom is -0.506 e. The number of likely N-dealkylation sites (tertiary alicyclic amines) is 1. The molecule has 12 nitrogen and oxygen atoms in total. The fourth-order valence-corrected chi connectivity index (χ4v) is 6.39. The number of H-pyrrole nitrogens is 1. The Balaban J connectivity index is 0.848. The number of hydrogen-bond acceptors (Lipinski definition) is 8. The summed E-state index contributed by atoms with van der Waals surface area (Å²) < 4.78 is 5.74. The van der Waals surface area contributed by atoms with Crippen molar-refractivity contribution in [1.82, 2.24) is 20.5 Å². The van der Waals surface area contributed by atoms with Crippen LogP contribution in [0.4, 0.5) is 21.0 Å². The van der Waals surface area contributed by atoms with Gasteiger partial charge in [-0.2, -0.15) is 0 Å². The Labute approximate surface area is 301 Å². The van der Waals surface area contributed by atoms with Crippen LogP contribution in [0.2, 0.25) is 0 Å². The molecule has 0 radical (unpaired) electrons. The Morgan fingerprint density at radius 1 is 0.865 bits per heavy atom. The van der Waals surface area contributed by atoms with Crippen LogP contribution in [0, 0.1) is 0 Å². The van der Waals surface area contributed by atoms with Crippen LogP contribution in [0.25, 0.3) is 22.0 Å². The smallest absolute Gasteiger partial charge is 0.411 e. The number of aromatic amines is 1. The molecule has 52 heavy (non-hydrogen) atoms. The molecule has 0 unspecified atom stereocenters. The zero-order chi connectivity index (χ0) is 36.3. The molecule has 3 amide bonds. The third kappa shape index (κ3) is 9.75. The van der Waals surface area contributed by atoms with E-state index < -0.39 is 12.2 Å². The molecule has 5 aromatic rings. The molecule has 4 aromatic carbocycles. The van der Waals surface area contributed by atoms with Crippen molar-refractivity contribution in [2.45, 2.75) is 31.5 Å². The highest BCUT2D eigenvalue weighted by atomic mass is 16.6. The summed E-state index contributed by atoms with van der Waals surface area (Å²) in [4.78, 5) is 41.7. The summed E-state index contributed by atoms with van der Waals surface area (Å²) in [5.74, 6) is -0.0448. The number of para-hydroxylation sites is 1. The van der Waals surface area contributed by atoms with Gasteiger partial charge in [0.05, 0.1) is 17.3 Å². The van der Waals surface area contributed by atoms with Gasteiger partial charge < -0.3 is 40.8 Å². The fraction of sp³-hybridized carbons (Fsp3) is 0.275. The van der Waals surface area contributed by atoms with Gasteiger partial charge in [0.25, 0.3) is 0 Å². The number of amides is 3.